The molecule has 2 unspecified atom stereocenters. The van der Waals surface area contributed by atoms with Crippen molar-refractivity contribution in [1.29, 1.82) is 0 Å². The van der Waals surface area contributed by atoms with Gasteiger partial charge in [-0.05, 0) is 83.3 Å². The van der Waals surface area contributed by atoms with Gasteiger partial charge >= 0.3 is 0 Å². The van der Waals surface area contributed by atoms with E-state index in [4.69, 9.17) is 9.97 Å². The number of allylic oxidation sites excluding steroid dienone is 2. The van der Waals surface area contributed by atoms with Gasteiger partial charge in [0, 0.05) is 62.8 Å². The molecule has 6 heterocycles. The minimum absolute atomic E-state index is 0.0448. The number of pyridine rings is 2. The number of aromatic nitrogens is 2. The van der Waals surface area contributed by atoms with Crippen LogP contribution in [0, 0.1) is 0 Å². The van der Waals surface area contributed by atoms with Crippen molar-refractivity contribution in [2.45, 2.75) is 77.5 Å². The molecule has 2 atom stereocenters. The Morgan fingerprint density at radius 3 is 1.34 bits per heavy atom. The first-order valence-electron chi connectivity index (χ1n) is 22.8. The third kappa shape index (κ3) is 7.17. The molecule has 0 radical (unpaired) electrons. The number of rotatable bonds is 12. The normalized spacial score (nSPS) is 18.3. The molecular formula is C55H56N6O. The van der Waals surface area contributed by atoms with Crippen LogP contribution < -0.4 is 9.80 Å². The van der Waals surface area contributed by atoms with Crippen molar-refractivity contribution in [3.8, 4) is 0 Å². The first-order chi connectivity index (χ1) is 30.6. The predicted molar refractivity (Wildman–Crippen MR) is 251 cm³/mol. The molecular weight excluding hydrogens is 761 g/mol. The van der Waals surface area contributed by atoms with Gasteiger partial charge in [-0.1, -0.05) is 136 Å². The molecule has 0 saturated carbocycles. The lowest BCUT2D eigenvalue weighted by atomic mass is 9.79. The summed E-state index contributed by atoms with van der Waals surface area (Å²) in [6.07, 6.45) is 9.74. The smallest absolute Gasteiger partial charge is 0.198 e. The zero-order valence-electron chi connectivity index (χ0n) is 36.1. The Hall–Kier alpha value is -6.47. The van der Waals surface area contributed by atoms with E-state index in [1.54, 1.807) is 0 Å². The highest BCUT2D eigenvalue weighted by atomic mass is 16.1. The van der Waals surface area contributed by atoms with Gasteiger partial charge < -0.3 is 19.6 Å². The molecule has 6 aromatic rings. The SMILES string of the molecule is CCCCN1c2ncccc2C(C(=O)C2=C(N3CCc4ccccc4C3)C(c3ccccc3)N(CCCC)c3ncccc32)=C(N2CCc3ccccc3C2)C1c1ccccc1. The zero-order chi connectivity index (χ0) is 42.0. The van der Waals surface area contributed by atoms with Crippen LogP contribution >= 0.6 is 0 Å². The highest BCUT2D eigenvalue weighted by Gasteiger charge is 2.46. The van der Waals surface area contributed by atoms with Crippen LogP contribution in [0.1, 0.15) is 96.1 Å². The molecule has 4 aliphatic rings. The fourth-order valence-corrected chi connectivity index (χ4v) is 10.5. The fourth-order valence-electron chi connectivity index (χ4n) is 10.5. The molecule has 7 heteroatoms. The number of ketones is 1. The second kappa shape index (κ2) is 17.5. The van der Waals surface area contributed by atoms with Crippen molar-refractivity contribution in [3.63, 3.8) is 0 Å². The number of carbonyl (C=O) groups excluding carboxylic acids is 1. The molecule has 0 N–H and O–H groups in total. The predicted octanol–water partition coefficient (Wildman–Crippen LogP) is 11.0. The number of fused-ring (bicyclic) bond motifs is 4. The number of carbonyl (C=O) groups is 1. The summed E-state index contributed by atoms with van der Waals surface area (Å²) < 4.78 is 0. The van der Waals surface area contributed by atoms with Crippen LogP contribution in [0.25, 0.3) is 11.1 Å². The van der Waals surface area contributed by atoms with Crippen LogP contribution in [0.3, 0.4) is 0 Å². The van der Waals surface area contributed by atoms with E-state index in [9.17, 15) is 0 Å². The maximum absolute atomic E-state index is 17.0. The van der Waals surface area contributed by atoms with E-state index in [1.165, 1.54) is 33.4 Å². The number of hydrogen-bond donors (Lipinski definition) is 0. The second-order valence-electron chi connectivity index (χ2n) is 17.2. The standard InChI is InChI=1S/C55H56N6O/c1-3-5-33-60-49(41-21-9-7-10-22-41)51(58-35-29-39-19-13-15-25-43(39)37-58)47(45-27-17-31-56-54(45)60)53(62)48-46-28-18-32-57-55(46)61(34-6-4-2)50(42-23-11-8-12-24-42)52(48)59-36-30-40-20-14-16-26-44(40)38-59/h7-28,31-32,49-50H,3-6,29-30,33-38H2,1-2H3. The van der Waals surface area contributed by atoms with Crippen LogP contribution in [0.5, 0.6) is 0 Å². The zero-order valence-corrected chi connectivity index (χ0v) is 36.1. The summed E-state index contributed by atoms with van der Waals surface area (Å²) in [5.41, 5.74) is 13.2. The maximum atomic E-state index is 17.0. The lowest BCUT2D eigenvalue weighted by Gasteiger charge is -2.47. The Morgan fingerprint density at radius 2 is 0.919 bits per heavy atom. The number of anilines is 2. The number of Topliss-reactive ketones (excluding diaryl/α,β-unsaturated/α-hetero) is 1. The monoisotopic (exact) mass is 816 g/mol. The van der Waals surface area contributed by atoms with Crippen molar-refractivity contribution in [2.24, 2.45) is 0 Å². The van der Waals surface area contributed by atoms with Crippen molar-refractivity contribution in [2.75, 3.05) is 36.0 Å². The van der Waals surface area contributed by atoms with Crippen molar-refractivity contribution in [3.05, 3.63) is 202 Å². The van der Waals surface area contributed by atoms with Gasteiger partial charge in [0.15, 0.2) is 5.78 Å². The van der Waals surface area contributed by atoms with Gasteiger partial charge in [0.2, 0.25) is 0 Å². The van der Waals surface area contributed by atoms with Gasteiger partial charge in [-0.3, -0.25) is 4.79 Å². The van der Waals surface area contributed by atoms with E-state index < -0.39 is 0 Å². The number of benzene rings is 4. The van der Waals surface area contributed by atoms with Crippen molar-refractivity contribution >= 4 is 28.6 Å². The average molecular weight is 817 g/mol. The summed E-state index contributed by atoms with van der Waals surface area (Å²) in [6.45, 7) is 9.24. The Balaban J connectivity index is 1.28. The Kier molecular flexibility index (Phi) is 11.2. The van der Waals surface area contributed by atoms with Gasteiger partial charge in [0.05, 0.1) is 34.6 Å². The fraction of sp³-hybridized carbons (Fsp3) is 0.291. The molecule has 0 bridgehead atoms. The molecule has 0 spiro atoms. The van der Waals surface area contributed by atoms with E-state index in [0.29, 0.717) is 0 Å². The quantitative estimate of drug-likeness (QED) is 0.122. The number of unbranched alkanes of at least 4 members (excludes halogenated alkanes) is 2. The summed E-state index contributed by atoms with van der Waals surface area (Å²) >= 11 is 0. The first-order valence-corrected chi connectivity index (χ1v) is 22.8. The highest BCUT2D eigenvalue weighted by Crippen LogP contribution is 2.52. The molecule has 2 aromatic heterocycles. The van der Waals surface area contributed by atoms with E-state index in [2.05, 4.69) is 155 Å². The number of hydrogen-bond acceptors (Lipinski definition) is 7. The third-order valence-electron chi connectivity index (χ3n) is 13.4. The Morgan fingerprint density at radius 1 is 0.516 bits per heavy atom. The average Bonchev–Trinajstić information content (AvgIpc) is 3.34. The first kappa shape index (κ1) is 39.7. The van der Waals surface area contributed by atoms with Gasteiger partial charge in [-0.15, -0.1) is 0 Å². The Bertz CT molecular complexity index is 2460. The van der Waals surface area contributed by atoms with Crippen LogP contribution in [0.15, 0.2) is 157 Å². The van der Waals surface area contributed by atoms with Gasteiger partial charge in [0.25, 0.3) is 0 Å². The third-order valence-corrected chi connectivity index (χ3v) is 13.4. The minimum Gasteiger partial charge on any atom is -0.368 e. The van der Waals surface area contributed by atoms with Gasteiger partial charge in [-0.2, -0.15) is 0 Å². The molecule has 312 valence electrons. The van der Waals surface area contributed by atoms with Gasteiger partial charge in [-0.25, -0.2) is 9.97 Å². The molecule has 7 nitrogen and oxygen atoms in total. The highest BCUT2D eigenvalue weighted by molar-refractivity contribution is 6.44. The van der Waals surface area contributed by atoms with E-state index in [0.717, 1.165) is 123 Å². The van der Waals surface area contributed by atoms with Gasteiger partial charge in [0.1, 0.15) is 11.6 Å². The number of nitrogens with zero attached hydrogens (tertiary/aromatic N) is 6. The van der Waals surface area contributed by atoms with Crippen LogP contribution in [-0.4, -0.2) is 51.7 Å². The molecule has 0 aliphatic carbocycles. The molecule has 0 fully saturated rings. The molecule has 10 rings (SSSR count). The Labute approximate surface area is 367 Å². The molecule has 4 aromatic carbocycles. The van der Waals surface area contributed by atoms with E-state index >= 15 is 4.79 Å². The second-order valence-corrected chi connectivity index (χ2v) is 17.2. The lowest BCUT2D eigenvalue weighted by Crippen LogP contribution is -2.45. The van der Waals surface area contributed by atoms with Crippen molar-refractivity contribution < 1.29 is 4.79 Å². The molecule has 62 heavy (non-hydrogen) atoms. The summed E-state index contributed by atoms with van der Waals surface area (Å²) in [5.74, 6) is 1.79. The maximum Gasteiger partial charge on any atom is 0.198 e. The van der Waals surface area contributed by atoms with E-state index in [1.807, 2.05) is 24.5 Å². The summed E-state index contributed by atoms with van der Waals surface area (Å²) in [6, 6.07) is 47.3. The van der Waals surface area contributed by atoms with Crippen LogP contribution in [0.2, 0.25) is 0 Å². The van der Waals surface area contributed by atoms with E-state index in [-0.39, 0.29) is 17.9 Å². The molecule has 0 amide bonds. The van der Waals surface area contributed by atoms with Crippen LogP contribution in [-0.2, 0) is 30.7 Å². The largest absolute Gasteiger partial charge is 0.368 e. The molecule has 0 saturated heterocycles. The summed E-state index contributed by atoms with van der Waals surface area (Å²) in [4.78, 5) is 37.4. The summed E-state index contributed by atoms with van der Waals surface area (Å²) in [5, 5.41) is 0. The summed E-state index contributed by atoms with van der Waals surface area (Å²) in [7, 11) is 0. The van der Waals surface area contributed by atoms with Crippen molar-refractivity contribution in [1.82, 2.24) is 19.8 Å². The lowest BCUT2D eigenvalue weighted by molar-refractivity contribution is -0.109. The topological polar surface area (TPSA) is 55.8 Å². The molecule has 4 aliphatic heterocycles. The van der Waals surface area contributed by atoms with Crippen LogP contribution in [0.4, 0.5) is 11.6 Å². The minimum atomic E-state index is -0.219.